The molecule has 1 fully saturated rings. The minimum atomic E-state index is -0.381. The van der Waals surface area contributed by atoms with Crippen molar-refractivity contribution in [3.05, 3.63) is 0 Å². The zero-order valence-corrected chi connectivity index (χ0v) is 9.45. The van der Waals surface area contributed by atoms with Gasteiger partial charge >= 0.3 is 6.09 Å². The largest absolute Gasteiger partial charge is 0.483 e. The summed E-state index contributed by atoms with van der Waals surface area (Å²) in [5, 5.41) is 9.70. The van der Waals surface area contributed by atoms with Gasteiger partial charge in [0.1, 0.15) is 5.60 Å². The number of hydrogen-bond donors (Lipinski definition) is 2. The minimum Gasteiger partial charge on any atom is -0.483 e. The summed E-state index contributed by atoms with van der Waals surface area (Å²) in [7, 11) is 0. The van der Waals surface area contributed by atoms with Crippen LogP contribution in [0.15, 0.2) is 0 Å². The molecule has 0 aliphatic heterocycles. The van der Waals surface area contributed by atoms with E-state index in [0.717, 1.165) is 12.8 Å². The molecule has 0 heterocycles. The van der Waals surface area contributed by atoms with E-state index in [9.17, 15) is 4.79 Å². The molecule has 5 heteroatoms. The Labute approximate surface area is 89.8 Å². The first-order chi connectivity index (χ1) is 6.89. The van der Waals surface area contributed by atoms with E-state index in [-0.39, 0.29) is 18.2 Å². The smallest absolute Gasteiger partial charge is 0.407 e. The van der Waals surface area contributed by atoms with Crippen LogP contribution in [0.25, 0.3) is 0 Å². The first-order valence-corrected chi connectivity index (χ1v) is 4.96. The van der Waals surface area contributed by atoms with Gasteiger partial charge in [-0.25, -0.2) is 4.79 Å². The molecule has 1 amide bonds. The number of amides is 1. The predicted octanol–water partition coefficient (Wildman–Crippen LogP) is 1.76. The van der Waals surface area contributed by atoms with Gasteiger partial charge in [-0.3, -0.25) is 4.79 Å². The van der Waals surface area contributed by atoms with Crippen LogP contribution in [0.5, 0.6) is 0 Å². The standard InChI is InChI=1S/C9H17NO2.CH2O2/c1-9(2,3)12-8(11)10-7-5-4-6-7;2-1-3/h7H,4-6H2,1-3H3,(H,10,11);1H,(H,2,3). The lowest BCUT2D eigenvalue weighted by Gasteiger charge is -2.28. The van der Waals surface area contributed by atoms with E-state index in [4.69, 9.17) is 14.6 Å². The third-order valence-corrected chi connectivity index (χ3v) is 1.83. The lowest BCUT2D eigenvalue weighted by atomic mass is 9.93. The van der Waals surface area contributed by atoms with Gasteiger partial charge in [0.2, 0.25) is 0 Å². The highest BCUT2D eigenvalue weighted by Crippen LogP contribution is 2.18. The fourth-order valence-corrected chi connectivity index (χ4v) is 1.03. The van der Waals surface area contributed by atoms with Crippen LogP contribution in [0.4, 0.5) is 4.79 Å². The Kier molecular flexibility index (Phi) is 5.74. The van der Waals surface area contributed by atoms with Gasteiger partial charge in [0.05, 0.1) is 0 Å². The molecule has 88 valence electrons. The molecule has 0 aromatic rings. The normalized spacial score (nSPS) is 15.4. The highest BCUT2D eigenvalue weighted by molar-refractivity contribution is 5.68. The molecule has 2 N–H and O–H groups in total. The molecule has 0 spiro atoms. The Morgan fingerprint density at radius 3 is 2.20 bits per heavy atom. The Balaban J connectivity index is 0.000000583. The summed E-state index contributed by atoms with van der Waals surface area (Å²) in [5.41, 5.74) is -0.381. The van der Waals surface area contributed by atoms with Crippen molar-refractivity contribution in [2.45, 2.75) is 51.7 Å². The number of nitrogens with one attached hydrogen (secondary N) is 1. The highest BCUT2D eigenvalue weighted by Gasteiger charge is 2.22. The molecule has 0 aromatic carbocycles. The zero-order valence-electron chi connectivity index (χ0n) is 9.45. The third-order valence-electron chi connectivity index (χ3n) is 1.83. The molecule has 15 heavy (non-hydrogen) atoms. The number of rotatable bonds is 1. The van der Waals surface area contributed by atoms with E-state index in [1.165, 1.54) is 6.42 Å². The average molecular weight is 217 g/mol. The average Bonchev–Trinajstić information content (AvgIpc) is 1.95. The van der Waals surface area contributed by atoms with Crippen molar-refractivity contribution in [2.75, 3.05) is 0 Å². The number of carbonyl (C=O) groups excluding carboxylic acids is 1. The maximum Gasteiger partial charge on any atom is 0.407 e. The summed E-state index contributed by atoms with van der Waals surface area (Å²) < 4.78 is 5.09. The molecule has 0 saturated heterocycles. The number of carboxylic acid groups (broad SMARTS) is 1. The molecular formula is C10H19NO4. The SMILES string of the molecule is CC(C)(C)OC(=O)NC1CCC1.O=CO. The summed E-state index contributed by atoms with van der Waals surface area (Å²) >= 11 is 0. The number of carbonyl (C=O) groups is 2. The zero-order chi connectivity index (χ0) is 11.9. The number of alkyl carbamates (subject to hydrolysis) is 1. The van der Waals surface area contributed by atoms with Gasteiger partial charge in [-0.1, -0.05) is 0 Å². The summed E-state index contributed by atoms with van der Waals surface area (Å²) in [4.78, 5) is 19.5. The molecule has 0 unspecified atom stereocenters. The summed E-state index contributed by atoms with van der Waals surface area (Å²) in [6, 6.07) is 0.361. The van der Waals surface area contributed by atoms with Crippen molar-refractivity contribution in [1.82, 2.24) is 5.32 Å². The molecule has 1 saturated carbocycles. The van der Waals surface area contributed by atoms with Gasteiger partial charge in [0.15, 0.2) is 0 Å². The molecule has 5 nitrogen and oxygen atoms in total. The highest BCUT2D eigenvalue weighted by atomic mass is 16.6. The molecule has 0 atom stereocenters. The molecule has 1 rings (SSSR count). The molecule has 1 aliphatic carbocycles. The molecule has 0 bridgehead atoms. The van der Waals surface area contributed by atoms with Crippen LogP contribution < -0.4 is 5.32 Å². The Bertz CT molecular complexity index is 206. The van der Waals surface area contributed by atoms with Crippen molar-refractivity contribution < 1.29 is 19.4 Å². The van der Waals surface area contributed by atoms with E-state index in [1.54, 1.807) is 0 Å². The van der Waals surface area contributed by atoms with Gasteiger partial charge in [-0.15, -0.1) is 0 Å². The fraction of sp³-hybridized carbons (Fsp3) is 0.800. The van der Waals surface area contributed by atoms with Crippen LogP contribution in [-0.4, -0.2) is 29.3 Å². The van der Waals surface area contributed by atoms with Gasteiger partial charge in [-0.2, -0.15) is 0 Å². The van der Waals surface area contributed by atoms with Crippen molar-refractivity contribution in [2.24, 2.45) is 0 Å². The molecular weight excluding hydrogens is 198 g/mol. The van der Waals surface area contributed by atoms with Gasteiger partial charge in [0, 0.05) is 6.04 Å². The monoisotopic (exact) mass is 217 g/mol. The van der Waals surface area contributed by atoms with Crippen LogP contribution in [0.3, 0.4) is 0 Å². The van der Waals surface area contributed by atoms with E-state index < -0.39 is 0 Å². The van der Waals surface area contributed by atoms with Crippen LogP contribution in [0.1, 0.15) is 40.0 Å². The first-order valence-electron chi connectivity index (χ1n) is 4.96. The lowest BCUT2D eigenvalue weighted by Crippen LogP contribution is -2.42. The van der Waals surface area contributed by atoms with E-state index in [1.807, 2.05) is 20.8 Å². The summed E-state index contributed by atoms with van der Waals surface area (Å²) in [6.07, 6.45) is 3.13. The van der Waals surface area contributed by atoms with Crippen molar-refractivity contribution in [3.8, 4) is 0 Å². The Morgan fingerprint density at radius 2 is 1.93 bits per heavy atom. The second-order valence-electron chi connectivity index (χ2n) is 4.38. The van der Waals surface area contributed by atoms with E-state index >= 15 is 0 Å². The summed E-state index contributed by atoms with van der Waals surface area (Å²) in [5.74, 6) is 0. The Hall–Kier alpha value is -1.26. The maximum atomic E-state index is 11.1. The van der Waals surface area contributed by atoms with Gasteiger partial charge in [0.25, 0.3) is 6.47 Å². The van der Waals surface area contributed by atoms with Crippen molar-refractivity contribution in [1.29, 1.82) is 0 Å². The van der Waals surface area contributed by atoms with Crippen LogP contribution in [0.2, 0.25) is 0 Å². The van der Waals surface area contributed by atoms with Crippen LogP contribution >= 0.6 is 0 Å². The van der Waals surface area contributed by atoms with Crippen molar-refractivity contribution in [3.63, 3.8) is 0 Å². The number of ether oxygens (including phenoxy) is 1. The first kappa shape index (κ1) is 13.7. The minimum absolute atomic E-state index is 0.250. The summed E-state index contributed by atoms with van der Waals surface area (Å²) in [6.45, 7) is 5.36. The Morgan fingerprint density at radius 1 is 1.47 bits per heavy atom. The topological polar surface area (TPSA) is 75.6 Å². The van der Waals surface area contributed by atoms with E-state index in [0.29, 0.717) is 6.04 Å². The van der Waals surface area contributed by atoms with Crippen LogP contribution in [-0.2, 0) is 9.53 Å². The van der Waals surface area contributed by atoms with Crippen LogP contribution in [0, 0.1) is 0 Å². The second-order valence-corrected chi connectivity index (χ2v) is 4.38. The third kappa shape index (κ3) is 7.78. The second kappa shape index (κ2) is 6.27. The quantitative estimate of drug-likeness (QED) is 0.656. The van der Waals surface area contributed by atoms with Gasteiger partial charge in [-0.05, 0) is 40.0 Å². The predicted molar refractivity (Wildman–Crippen MR) is 55.7 cm³/mol. The molecule has 0 aromatic heterocycles. The maximum absolute atomic E-state index is 11.1. The number of hydrogen-bond acceptors (Lipinski definition) is 3. The molecule has 1 aliphatic rings. The fourth-order valence-electron chi connectivity index (χ4n) is 1.03. The van der Waals surface area contributed by atoms with E-state index in [2.05, 4.69) is 5.32 Å². The molecule has 0 radical (unpaired) electrons. The lowest BCUT2D eigenvalue weighted by molar-refractivity contribution is -0.122. The van der Waals surface area contributed by atoms with Crippen molar-refractivity contribution >= 4 is 12.6 Å². The van der Waals surface area contributed by atoms with Gasteiger partial charge < -0.3 is 15.2 Å².